The largest absolute Gasteiger partial charge is 0.496 e. The Hall–Kier alpha value is -5.72. The van der Waals surface area contributed by atoms with Crippen molar-refractivity contribution in [3.63, 3.8) is 0 Å². The van der Waals surface area contributed by atoms with Crippen LogP contribution in [0.15, 0.2) is 75.0 Å². The summed E-state index contributed by atoms with van der Waals surface area (Å²) in [4.78, 5) is 40.8. The van der Waals surface area contributed by atoms with Crippen LogP contribution in [0, 0.1) is 10.1 Å². The summed E-state index contributed by atoms with van der Waals surface area (Å²) in [5.74, 6) is -0.817. The molecule has 0 saturated heterocycles. The first-order valence-corrected chi connectivity index (χ1v) is 12.7. The lowest BCUT2D eigenvalue weighted by molar-refractivity contribution is -0.386. The second-order valence-electron chi connectivity index (χ2n) is 8.95. The Morgan fingerprint density at radius 3 is 2.67 bits per heavy atom. The van der Waals surface area contributed by atoms with Crippen molar-refractivity contribution in [2.24, 2.45) is 5.10 Å². The highest BCUT2D eigenvalue weighted by atomic mass is 16.6. The van der Waals surface area contributed by atoms with E-state index in [-0.39, 0.29) is 35.3 Å². The number of fused-ring (bicyclic) bond motifs is 2. The number of ether oxygens (including phenoxy) is 3. The van der Waals surface area contributed by atoms with E-state index in [0.29, 0.717) is 27.6 Å². The van der Waals surface area contributed by atoms with Gasteiger partial charge >= 0.3 is 11.7 Å². The van der Waals surface area contributed by atoms with Crippen molar-refractivity contribution >= 4 is 39.7 Å². The summed E-state index contributed by atoms with van der Waals surface area (Å²) in [7, 11) is 1.53. The smallest absolute Gasteiger partial charge is 0.344 e. The molecule has 214 valence electrons. The summed E-state index contributed by atoms with van der Waals surface area (Å²) in [5.41, 5.74) is 0.0565. The number of carboxylic acids is 1. The third kappa shape index (κ3) is 5.22. The van der Waals surface area contributed by atoms with Crippen LogP contribution in [0.25, 0.3) is 33.5 Å². The van der Waals surface area contributed by atoms with Crippen molar-refractivity contribution in [3.05, 3.63) is 86.7 Å². The van der Waals surface area contributed by atoms with Crippen LogP contribution < -0.4 is 19.8 Å². The fourth-order valence-electron chi connectivity index (χ4n) is 4.26. The molecular weight excluding hydrogens is 548 g/mol. The Labute approximate surface area is 237 Å². The maximum atomic E-state index is 13.6. The Morgan fingerprint density at radius 2 is 1.95 bits per heavy atom. The summed E-state index contributed by atoms with van der Waals surface area (Å²) in [6.07, 6.45) is -0.153. The lowest BCUT2D eigenvalue weighted by Crippen LogP contribution is -2.23. The Bertz CT molecular complexity index is 1930. The van der Waals surface area contributed by atoms with E-state index in [1.165, 1.54) is 26.3 Å². The maximum Gasteiger partial charge on any atom is 0.344 e. The molecule has 0 radical (unpaired) electrons. The molecule has 1 N–H and O–H groups in total. The molecule has 13 nitrogen and oxygen atoms in total. The zero-order chi connectivity index (χ0) is 30.0. The van der Waals surface area contributed by atoms with Crippen LogP contribution >= 0.6 is 0 Å². The molecule has 0 aliphatic rings. The second kappa shape index (κ2) is 11.4. The van der Waals surface area contributed by atoms with Crippen molar-refractivity contribution in [1.82, 2.24) is 9.66 Å². The Balaban J connectivity index is 1.68. The number of furan rings is 1. The number of carboxylic acid groups (broad SMARTS) is 1. The number of rotatable bonds is 10. The van der Waals surface area contributed by atoms with Crippen LogP contribution in [0.1, 0.15) is 19.4 Å². The summed E-state index contributed by atoms with van der Waals surface area (Å²) in [6, 6.07) is 16.2. The number of hydrogen-bond acceptors (Lipinski definition) is 10. The molecule has 5 rings (SSSR count). The molecule has 5 aromatic rings. The second-order valence-corrected chi connectivity index (χ2v) is 8.95. The number of para-hydroxylation sites is 1. The topological polar surface area (TPSA) is 169 Å². The fourth-order valence-corrected chi connectivity index (χ4v) is 4.26. The molecule has 0 aliphatic heterocycles. The van der Waals surface area contributed by atoms with Crippen LogP contribution in [-0.2, 0) is 4.79 Å². The van der Waals surface area contributed by atoms with E-state index in [0.717, 1.165) is 10.7 Å². The molecule has 2 heterocycles. The number of methoxy groups -OCH3 is 1. The lowest BCUT2D eigenvalue weighted by atomic mass is 10.1. The molecule has 0 unspecified atom stereocenters. The summed E-state index contributed by atoms with van der Waals surface area (Å²) >= 11 is 0. The van der Waals surface area contributed by atoms with Crippen LogP contribution in [0.2, 0.25) is 0 Å². The molecule has 0 amide bonds. The van der Waals surface area contributed by atoms with Gasteiger partial charge in [-0.3, -0.25) is 14.9 Å². The van der Waals surface area contributed by atoms with E-state index in [1.54, 1.807) is 55.5 Å². The Morgan fingerprint density at radius 1 is 1.17 bits per heavy atom. The lowest BCUT2D eigenvalue weighted by Gasteiger charge is -2.15. The summed E-state index contributed by atoms with van der Waals surface area (Å²) in [5, 5.41) is 26.5. The van der Waals surface area contributed by atoms with Gasteiger partial charge in [0.25, 0.3) is 5.56 Å². The number of aliphatic carboxylic acids is 1. The predicted molar refractivity (Wildman–Crippen MR) is 153 cm³/mol. The van der Waals surface area contributed by atoms with Crippen molar-refractivity contribution in [1.29, 1.82) is 0 Å². The molecule has 3 aromatic carbocycles. The zero-order valence-corrected chi connectivity index (χ0v) is 22.6. The van der Waals surface area contributed by atoms with Gasteiger partial charge in [-0.1, -0.05) is 18.2 Å². The minimum Gasteiger partial charge on any atom is -0.496 e. The van der Waals surface area contributed by atoms with Gasteiger partial charge in [0.2, 0.25) is 11.6 Å². The number of nitro benzene ring substituents is 1. The molecule has 0 spiro atoms. The van der Waals surface area contributed by atoms with Gasteiger partial charge in [-0.05, 0) is 50.2 Å². The van der Waals surface area contributed by atoms with Gasteiger partial charge in [-0.15, -0.1) is 0 Å². The number of nitro groups is 1. The number of benzene rings is 3. The first kappa shape index (κ1) is 27.8. The van der Waals surface area contributed by atoms with Crippen molar-refractivity contribution in [2.45, 2.75) is 20.0 Å². The van der Waals surface area contributed by atoms with Crippen LogP contribution in [0.3, 0.4) is 0 Å². The first-order valence-electron chi connectivity index (χ1n) is 12.7. The summed E-state index contributed by atoms with van der Waals surface area (Å²) in [6.45, 7) is 3.01. The van der Waals surface area contributed by atoms with Gasteiger partial charge in [0, 0.05) is 11.6 Å². The third-order valence-electron chi connectivity index (χ3n) is 6.23. The van der Waals surface area contributed by atoms with E-state index in [9.17, 15) is 24.8 Å². The van der Waals surface area contributed by atoms with Crippen molar-refractivity contribution in [3.8, 4) is 28.8 Å². The average molecular weight is 573 g/mol. The fraction of sp³-hybridized carbons (Fsp3) is 0.172. The molecule has 0 aliphatic carbocycles. The number of aromatic nitrogens is 2. The van der Waals surface area contributed by atoms with Crippen LogP contribution in [-0.4, -0.2) is 51.7 Å². The highest BCUT2D eigenvalue weighted by Crippen LogP contribution is 2.39. The molecule has 13 heteroatoms. The minimum absolute atomic E-state index is 0.0603. The van der Waals surface area contributed by atoms with Gasteiger partial charge < -0.3 is 23.7 Å². The molecule has 2 aromatic heterocycles. The SMILES string of the molecule is CCOc1cc(C=Nn2c(-c3cc4c(OC)cccc4o3)nc3ccccc3c2=O)cc([N+](=O)[O-])c1O[C@@H](C)C(=O)O. The number of nitrogens with zero attached hydrogens (tertiary/aromatic N) is 4. The molecule has 42 heavy (non-hydrogen) atoms. The zero-order valence-electron chi connectivity index (χ0n) is 22.6. The standard InChI is InChI=1S/C29H24N4O9/c1-4-40-24-13-17(12-21(33(37)38)26(24)41-16(2)29(35)36)15-30-32-27(31-20-9-6-5-8-18(20)28(32)34)25-14-19-22(39-3)10-7-11-23(19)42-25/h5-16H,4H2,1-3H3,(H,35,36)/t16-/m0/s1. The van der Waals surface area contributed by atoms with E-state index in [2.05, 4.69) is 10.1 Å². The highest BCUT2D eigenvalue weighted by molar-refractivity contribution is 5.89. The van der Waals surface area contributed by atoms with Gasteiger partial charge in [0.15, 0.2) is 17.6 Å². The van der Waals surface area contributed by atoms with Gasteiger partial charge in [0.1, 0.15) is 11.3 Å². The first-order chi connectivity index (χ1) is 20.2. The normalized spacial score (nSPS) is 12.1. The monoisotopic (exact) mass is 572 g/mol. The van der Waals surface area contributed by atoms with Crippen molar-refractivity contribution < 1.29 is 33.5 Å². The molecule has 0 fully saturated rings. The van der Waals surface area contributed by atoms with E-state index in [1.807, 2.05) is 0 Å². The third-order valence-corrected chi connectivity index (χ3v) is 6.23. The van der Waals surface area contributed by atoms with Crippen LogP contribution in [0.5, 0.6) is 17.2 Å². The minimum atomic E-state index is -1.38. The number of carbonyl (C=O) groups is 1. The van der Waals surface area contributed by atoms with Gasteiger partial charge in [0.05, 0.1) is 41.1 Å². The van der Waals surface area contributed by atoms with Gasteiger partial charge in [-0.2, -0.15) is 9.78 Å². The van der Waals surface area contributed by atoms with E-state index >= 15 is 0 Å². The summed E-state index contributed by atoms with van der Waals surface area (Å²) < 4.78 is 23.4. The van der Waals surface area contributed by atoms with Gasteiger partial charge in [-0.25, -0.2) is 9.78 Å². The number of hydrogen-bond donors (Lipinski definition) is 1. The maximum absolute atomic E-state index is 13.6. The molecule has 1 atom stereocenters. The van der Waals surface area contributed by atoms with E-state index in [4.69, 9.17) is 18.6 Å². The predicted octanol–water partition coefficient (Wildman–Crippen LogP) is 4.86. The molecule has 0 saturated carbocycles. The molecule has 0 bridgehead atoms. The highest BCUT2D eigenvalue weighted by Gasteiger charge is 2.26. The Kier molecular flexibility index (Phi) is 7.56. The average Bonchev–Trinajstić information content (AvgIpc) is 3.42. The van der Waals surface area contributed by atoms with Crippen LogP contribution in [0.4, 0.5) is 5.69 Å². The van der Waals surface area contributed by atoms with Crippen molar-refractivity contribution in [2.75, 3.05) is 13.7 Å². The quantitative estimate of drug-likeness (QED) is 0.139. The van der Waals surface area contributed by atoms with E-state index < -0.39 is 28.2 Å². The molecular formula is C29H24N4O9.